The minimum atomic E-state index is 0.229. The van der Waals surface area contributed by atoms with E-state index in [1.807, 2.05) is 14.1 Å². The first-order valence-corrected chi connectivity index (χ1v) is 8.18. The van der Waals surface area contributed by atoms with Crippen LogP contribution in [0.4, 0.5) is 5.69 Å². The van der Waals surface area contributed by atoms with E-state index in [-0.39, 0.29) is 5.91 Å². The number of rotatable bonds is 6. The van der Waals surface area contributed by atoms with E-state index in [1.165, 1.54) is 43.4 Å². The number of nitrogens with one attached hydrogen (secondary N) is 1. The molecule has 0 spiro atoms. The van der Waals surface area contributed by atoms with Crippen molar-refractivity contribution in [3.63, 3.8) is 0 Å². The molecule has 0 saturated heterocycles. The second-order valence-corrected chi connectivity index (χ2v) is 6.37. The van der Waals surface area contributed by atoms with Crippen molar-refractivity contribution in [1.29, 1.82) is 0 Å². The Morgan fingerprint density at radius 1 is 1.14 bits per heavy atom. The van der Waals surface area contributed by atoms with Crippen LogP contribution in [0.1, 0.15) is 44.1 Å². The summed E-state index contributed by atoms with van der Waals surface area (Å²) in [7, 11) is 4.08. The third kappa shape index (κ3) is 5.41. The van der Waals surface area contributed by atoms with Crippen molar-refractivity contribution >= 4 is 11.6 Å². The van der Waals surface area contributed by atoms with Crippen molar-refractivity contribution in [2.45, 2.75) is 44.9 Å². The smallest absolute Gasteiger partial charge is 0.220 e. The van der Waals surface area contributed by atoms with E-state index in [4.69, 9.17) is 0 Å². The summed E-state index contributed by atoms with van der Waals surface area (Å²) in [5, 5.41) is 3.07. The monoisotopic (exact) mass is 288 g/mol. The molecule has 21 heavy (non-hydrogen) atoms. The molecule has 0 heterocycles. The number of carbonyl (C=O) groups is 1. The third-order valence-corrected chi connectivity index (χ3v) is 4.39. The lowest BCUT2D eigenvalue weighted by atomic mass is 9.87. The van der Waals surface area contributed by atoms with Gasteiger partial charge in [0.05, 0.1) is 0 Å². The summed E-state index contributed by atoms with van der Waals surface area (Å²) in [4.78, 5) is 14.0. The molecule has 0 aromatic heterocycles. The summed E-state index contributed by atoms with van der Waals surface area (Å²) in [5.74, 6) is 0.852. The van der Waals surface area contributed by atoms with Gasteiger partial charge in [-0.3, -0.25) is 4.79 Å². The summed E-state index contributed by atoms with van der Waals surface area (Å²) in [6.45, 7) is 0.743. The van der Waals surface area contributed by atoms with Crippen LogP contribution in [0.2, 0.25) is 0 Å². The van der Waals surface area contributed by atoms with Crippen LogP contribution in [-0.2, 0) is 11.2 Å². The van der Waals surface area contributed by atoms with E-state index < -0.39 is 0 Å². The summed E-state index contributed by atoms with van der Waals surface area (Å²) >= 11 is 0. The van der Waals surface area contributed by atoms with Gasteiger partial charge in [0.2, 0.25) is 5.91 Å². The summed E-state index contributed by atoms with van der Waals surface area (Å²) in [6.07, 6.45) is 8.05. The first kappa shape index (κ1) is 15.9. The number of hydrogen-bond acceptors (Lipinski definition) is 2. The number of amides is 1. The summed E-state index contributed by atoms with van der Waals surface area (Å²) < 4.78 is 0. The molecule has 2 rings (SSSR count). The predicted molar refractivity (Wildman–Crippen MR) is 88.7 cm³/mol. The highest BCUT2D eigenvalue weighted by Crippen LogP contribution is 2.26. The molecule has 1 amide bonds. The van der Waals surface area contributed by atoms with Gasteiger partial charge in [0, 0.05) is 32.7 Å². The van der Waals surface area contributed by atoms with Gasteiger partial charge in [0.25, 0.3) is 0 Å². The quantitative estimate of drug-likeness (QED) is 0.870. The number of benzene rings is 1. The molecule has 1 aliphatic rings. The molecule has 3 nitrogen and oxygen atoms in total. The van der Waals surface area contributed by atoms with Crippen LogP contribution in [-0.4, -0.2) is 26.5 Å². The molecule has 1 saturated carbocycles. The molecule has 0 aliphatic heterocycles. The van der Waals surface area contributed by atoms with E-state index in [1.54, 1.807) is 0 Å². The molecular weight excluding hydrogens is 260 g/mol. The molecule has 0 radical (unpaired) electrons. The second kappa shape index (κ2) is 8.06. The average Bonchev–Trinajstić information content (AvgIpc) is 2.49. The van der Waals surface area contributed by atoms with Crippen molar-refractivity contribution in [3.8, 4) is 0 Å². The van der Waals surface area contributed by atoms with Gasteiger partial charge in [-0.25, -0.2) is 0 Å². The molecular formula is C18H28N2O. The minimum absolute atomic E-state index is 0.229. The highest BCUT2D eigenvalue weighted by molar-refractivity contribution is 5.76. The zero-order valence-corrected chi connectivity index (χ0v) is 13.4. The average molecular weight is 288 g/mol. The molecule has 1 fully saturated rings. The van der Waals surface area contributed by atoms with Crippen LogP contribution < -0.4 is 10.2 Å². The topological polar surface area (TPSA) is 32.3 Å². The molecule has 116 valence electrons. The van der Waals surface area contributed by atoms with Gasteiger partial charge < -0.3 is 10.2 Å². The second-order valence-electron chi connectivity index (χ2n) is 6.37. The van der Waals surface area contributed by atoms with Crippen LogP contribution in [0.3, 0.4) is 0 Å². The van der Waals surface area contributed by atoms with Crippen LogP contribution in [0.5, 0.6) is 0 Å². The Morgan fingerprint density at radius 2 is 1.81 bits per heavy atom. The fraction of sp³-hybridized carbons (Fsp3) is 0.611. The fourth-order valence-electron chi connectivity index (χ4n) is 3.03. The lowest BCUT2D eigenvalue weighted by Crippen LogP contribution is -2.28. The van der Waals surface area contributed by atoms with Gasteiger partial charge >= 0.3 is 0 Å². The van der Waals surface area contributed by atoms with Crippen LogP contribution in [0.25, 0.3) is 0 Å². The number of anilines is 1. The molecule has 1 aliphatic carbocycles. The fourth-order valence-corrected chi connectivity index (χ4v) is 3.03. The Hall–Kier alpha value is -1.51. The maximum Gasteiger partial charge on any atom is 0.220 e. The lowest BCUT2D eigenvalue weighted by molar-refractivity contribution is -0.122. The normalized spacial score (nSPS) is 15.7. The zero-order valence-electron chi connectivity index (χ0n) is 13.4. The first-order valence-electron chi connectivity index (χ1n) is 8.18. The standard InChI is InChI=1S/C18H28N2O/c1-20(2)17-10-8-15(9-11-17)12-13-19-18(21)14-16-6-4-3-5-7-16/h8-11,16H,3-7,12-14H2,1-2H3,(H,19,21). The highest BCUT2D eigenvalue weighted by Gasteiger charge is 2.16. The van der Waals surface area contributed by atoms with Crippen molar-refractivity contribution in [1.82, 2.24) is 5.32 Å². The van der Waals surface area contributed by atoms with Crippen molar-refractivity contribution in [2.75, 3.05) is 25.5 Å². The van der Waals surface area contributed by atoms with Crippen LogP contribution in [0, 0.1) is 5.92 Å². The van der Waals surface area contributed by atoms with E-state index in [0.29, 0.717) is 5.92 Å². The van der Waals surface area contributed by atoms with Crippen molar-refractivity contribution in [2.24, 2.45) is 5.92 Å². The minimum Gasteiger partial charge on any atom is -0.378 e. The number of nitrogens with zero attached hydrogens (tertiary/aromatic N) is 1. The predicted octanol–water partition coefficient (Wildman–Crippen LogP) is 3.38. The Morgan fingerprint density at radius 3 is 2.43 bits per heavy atom. The van der Waals surface area contributed by atoms with Crippen molar-refractivity contribution in [3.05, 3.63) is 29.8 Å². The van der Waals surface area contributed by atoms with Crippen molar-refractivity contribution < 1.29 is 4.79 Å². The Balaban J connectivity index is 1.67. The number of hydrogen-bond donors (Lipinski definition) is 1. The van der Waals surface area contributed by atoms with Gasteiger partial charge in [0.15, 0.2) is 0 Å². The maximum absolute atomic E-state index is 11.9. The first-order chi connectivity index (χ1) is 10.1. The summed E-state index contributed by atoms with van der Waals surface area (Å²) in [5.41, 5.74) is 2.48. The molecule has 0 unspecified atom stereocenters. The van der Waals surface area contributed by atoms with Gasteiger partial charge in [-0.15, -0.1) is 0 Å². The van der Waals surface area contributed by atoms with Gasteiger partial charge in [-0.05, 0) is 42.9 Å². The zero-order chi connectivity index (χ0) is 15.1. The Bertz CT molecular complexity index is 433. The molecule has 1 N–H and O–H groups in total. The highest BCUT2D eigenvalue weighted by atomic mass is 16.1. The van der Waals surface area contributed by atoms with E-state index in [0.717, 1.165) is 19.4 Å². The van der Waals surface area contributed by atoms with Crippen LogP contribution in [0.15, 0.2) is 24.3 Å². The molecule has 3 heteroatoms. The third-order valence-electron chi connectivity index (χ3n) is 4.39. The summed E-state index contributed by atoms with van der Waals surface area (Å²) in [6, 6.07) is 8.53. The van der Waals surface area contributed by atoms with E-state index in [9.17, 15) is 4.79 Å². The van der Waals surface area contributed by atoms with E-state index >= 15 is 0 Å². The van der Waals surface area contributed by atoms with Gasteiger partial charge in [0.1, 0.15) is 0 Å². The van der Waals surface area contributed by atoms with Gasteiger partial charge in [-0.2, -0.15) is 0 Å². The molecule has 1 aromatic rings. The van der Waals surface area contributed by atoms with E-state index in [2.05, 4.69) is 34.5 Å². The van der Waals surface area contributed by atoms with Gasteiger partial charge in [-0.1, -0.05) is 31.4 Å². The van der Waals surface area contributed by atoms with Crippen LogP contribution >= 0.6 is 0 Å². The molecule has 0 bridgehead atoms. The Labute approximate surface area is 128 Å². The molecule has 1 aromatic carbocycles. The molecule has 0 atom stereocenters. The Kier molecular flexibility index (Phi) is 6.09. The maximum atomic E-state index is 11.9. The number of carbonyl (C=O) groups excluding carboxylic acids is 1. The lowest BCUT2D eigenvalue weighted by Gasteiger charge is -2.20. The SMILES string of the molecule is CN(C)c1ccc(CCNC(=O)CC2CCCCC2)cc1. The largest absolute Gasteiger partial charge is 0.378 e.